The second-order valence-electron chi connectivity index (χ2n) is 8.90. The third-order valence-electron chi connectivity index (χ3n) is 6.11. The van der Waals surface area contributed by atoms with E-state index in [1.807, 2.05) is 43.7 Å². The molecule has 0 saturated carbocycles. The minimum Gasteiger partial charge on any atom is -0.485 e. The molecule has 10 heteroatoms. The number of fused-ring (bicyclic) bond motifs is 1. The smallest absolute Gasteiger partial charge is 0.341 e. The fourth-order valence-electron chi connectivity index (χ4n) is 4.05. The number of hydrogen-bond donors (Lipinski definition) is 1. The van der Waals surface area contributed by atoms with Crippen LogP contribution in [0.25, 0.3) is 0 Å². The highest BCUT2D eigenvalue weighted by Gasteiger charge is 2.29. The first-order valence-electron chi connectivity index (χ1n) is 11.5. The number of aryl methyl sites for hydroxylation is 2. The fourth-order valence-corrected chi connectivity index (χ4v) is 6.20. The Morgan fingerprint density at radius 1 is 1.29 bits per heavy atom. The van der Waals surface area contributed by atoms with Gasteiger partial charge < -0.3 is 19.4 Å². The van der Waals surface area contributed by atoms with Gasteiger partial charge in [-0.15, -0.1) is 21.5 Å². The van der Waals surface area contributed by atoms with Gasteiger partial charge in [-0.05, 0) is 61.8 Å². The van der Waals surface area contributed by atoms with Crippen molar-refractivity contribution in [3.05, 3.63) is 51.2 Å². The maximum absolute atomic E-state index is 12.8. The van der Waals surface area contributed by atoms with Gasteiger partial charge in [-0.2, -0.15) is 0 Å². The molecule has 1 aliphatic rings. The van der Waals surface area contributed by atoms with E-state index >= 15 is 0 Å². The highest BCUT2D eigenvalue weighted by Crippen LogP contribution is 2.40. The first kappa shape index (κ1) is 25.2. The quantitative estimate of drug-likeness (QED) is 0.343. The lowest BCUT2D eigenvalue weighted by atomic mass is 9.88. The van der Waals surface area contributed by atoms with E-state index in [0.29, 0.717) is 27.5 Å². The molecule has 186 valence electrons. The highest BCUT2D eigenvalue weighted by atomic mass is 32.2. The molecule has 1 atom stereocenters. The van der Waals surface area contributed by atoms with Crippen LogP contribution in [0.2, 0.25) is 0 Å². The van der Waals surface area contributed by atoms with Gasteiger partial charge >= 0.3 is 5.97 Å². The summed E-state index contributed by atoms with van der Waals surface area (Å²) in [6.45, 7) is 6.51. The normalized spacial score (nSPS) is 14.9. The molecule has 0 fully saturated rings. The summed E-state index contributed by atoms with van der Waals surface area (Å²) < 4.78 is 12.8. The lowest BCUT2D eigenvalue weighted by Crippen LogP contribution is -2.17. The first-order chi connectivity index (χ1) is 16.8. The molecule has 0 radical (unpaired) electrons. The van der Waals surface area contributed by atoms with Gasteiger partial charge in [-0.3, -0.25) is 4.79 Å². The lowest BCUT2D eigenvalue weighted by Gasteiger charge is -2.18. The number of anilines is 1. The second-order valence-corrected chi connectivity index (χ2v) is 10.9. The molecule has 1 aromatic carbocycles. The number of rotatable bonds is 8. The molecule has 0 aliphatic heterocycles. The van der Waals surface area contributed by atoms with Crippen LogP contribution in [-0.2, 0) is 36.0 Å². The average Bonchev–Trinajstić information content (AvgIpc) is 3.36. The van der Waals surface area contributed by atoms with Crippen molar-refractivity contribution in [2.24, 2.45) is 13.0 Å². The van der Waals surface area contributed by atoms with E-state index < -0.39 is 5.97 Å². The standard InChI is InChI=1S/C25H30N4O4S2/c1-14-6-8-16(3)18(10-14)33-12-20-27-28-25(29(20)4)34-13-21(30)26-23-22(24(31)32-5)17-9-7-15(2)11-19(17)35-23/h6,8,10,15H,7,9,11-13H2,1-5H3,(H,26,30). The van der Waals surface area contributed by atoms with Crippen LogP contribution < -0.4 is 10.1 Å². The summed E-state index contributed by atoms with van der Waals surface area (Å²) in [5.41, 5.74) is 3.70. The van der Waals surface area contributed by atoms with Gasteiger partial charge in [0.1, 0.15) is 17.4 Å². The number of benzene rings is 1. The maximum Gasteiger partial charge on any atom is 0.341 e. The Bertz CT molecular complexity index is 1250. The van der Waals surface area contributed by atoms with E-state index in [2.05, 4.69) is 22.4 Å². The number of thiophene rings is 1. The molecule has 1 aliphatic carbocycles. The highest BCUT2D eigenvalue weighted by molar-refractivity contribution is 7.99. The third kappa shape index (κ3) is 5.70. The molecule has 2 heterocycles. The lowest BCUT2D eigenvalue weighted by molar-refractivity contribution is -0.113. The van der Waals surface area contributed by atoms with Crippen molar-refractivity contribution < 1.29 is 19.1 Å². The van der Waals surface area contributed by atoms with Gasteiger partial charge in [-0.1, -0.05) is 30.8 Å². The fraction of sp³-hybridized carbons (Fsp3) is 0.440. The Labute approximate surface area is 213 Å². The molecule has 0 saturated heterocycles. The molecule has 4 rings (SSSR count). The summed E-state index contributed by atoms with van der Waals surface area (Å²) in [5.74, 6) is 1.58. The van der Waals surface area contributed by atoms with Crippen LogP contribution in [0.1, 0.15) is 51.1 Å². The number of thioether (sulfide) groups is 1. The largest absolute Gasteiger partial charge is 0.485 e. The molecule has 0 spiro atoms. The van der Waals surface area contributed by atoms with E-state index in [4.69, 9.17) is 9.47 Å². The molecule has 8 nitrogen and oxygen atoms in total. The van der Waals surface area contributed by atoms with Crippen LogP contribution in [-0.4, -0.2) is 39.5 Å². The average molecular weight is 515 g/mol. The van der Waals surface area contributed by atoms with Gasteiger partial charge in [0.25, 0.3) is 0 Å². The SMILES string of the molecule is COC(=O)c1c(NC(=O)CSc2nnc(COc3cc(C)ccc3C)n2C)sc2c1CCC(C)C2. The van der Waals surface area contributed by atoms with Crippen LogP contribution in [0.3, 0.4) is 0 Å². The topological polar surface area (TPSA) is 95.3 Å². The number of hydrogen-bond acceptors (Lipinski definition) is 8. The number of aromatic nitrogens is 3. The third-order valence-corrected chi connectivity index (χ3v) is 8.30. The monoisotopic (exact) mass is 514 g/mol. The number of carbonyl (C=O) groups is 2. The number of carbonyl (C=O) groups excluding carboxylic acids is 2. The van der Waals surface area contributed by atoms with Gasteiger partial charge in [0.2, 0.25) is 5.91 Å². The second kappa shape index (κ2) is 10.8. The predicted octanol–water partition coefficient (Wildman–Crippen LogP) is 4.71. The van der Waals surface area contributed by atoms with Crippen molar-refractivity contribution in [3.8, 4) is 5.75 Å². The van der Waals surface area contributed by atoms with E-state index in [9.17, 15) is 9.59 Å². The zero-order valence-corrected chi connectivity index (χ0v) is 22.3. The van der Waals surface area contributed by atoms with Gasteiger partial charge in [0, 0.05) is 11.9 Å². The number of esters is 1. The van der Waals surface area contributed by atoms with Crippen molar-refractivity contribution in [2.45, 2.75) is 51.8 Å². The number of amides is 1. The first-order valence-corrected chi connectivity index (χ1v) is 13.3. The van der Waals surface area contributed by atoms with Crippen molar-refractivity contribution in [1.29, 1.82) is 0 Å². The molecule has 1 amide bonds. The zero-order valence-electron chi connectivity index (χ0n) is 20.6. The van der Waals surface area contributed by atoms with Crippen LogP contribution >= 0.6 is 23.1 Å². The summed E-state index contributed by atoms with van der Waals surface area (Å²) in [6.07, 6.45) is 2.77. The Kier molecular flexibility index (Phi) is 7.81. The van der Waals surface area contributed by atoms with Crippen LogP contribution in [0, 0.1) is 19.8 Å². The Balaban J connectivity index is 1.39. The molecule has 3 aromatic rings. The van der Waals surface area contributed by atoms with Crippen molar-refractivity contribution in [3.63, 3.8) is 0 Å². The van der Waals surface area contributed by atoms with Crippen molar-refractivity contribution in [1.82, 2.24) is 14.8 Å². The Morgan fingerprint density at radius 2 is 2.09 bits per heavy atom. The van der Waals surface area contributed by atoms with E-state index in [0.717, 1.165) is 46.6 Å². The summed E-state index contributed by atoms with van der Waals surface area (Å²) in [7, 11) is 3.22. The maximum atomic E-state index is 12.8. The molecule has 35 heavy (non-hydrogen) atoms. The number of methoxy groups -OCH3 is 1. The number of nitrogens with one attached hydrogen (secondary N) is 1. The van der Waals surface area contributed by atoms with Crippen molar-refractivity contribution >= 4 is 40.0 Å². The minimum absolute atomic E-state index is 0.142. The summed E-state index contributed by atoms with van der Waals surface area (Å²) in [6, 6.07) is 6.07. The molecule has 1 N–H and O–H groups in total. The molecule has 0 bridgehead atoms. The van der Waals surface area contributed by atoms with Gasteiger partial charge in [0.05, 0.1) is 18.4 Å². The molecule has 1 unspecified atom stereocenters. The minimum atomic E-state index is -0.401. The number of ether oxygens (including phenoxy) is 2. The van der Waals surface area contributed by atoms with Crippen LogP contribution in [0.5, 0.6) is 5.75 Å². The van der Waals surface area contributed by atoms with E-state index in [-0.39, 0.29) is 18.3 Å². The number of nitrogens with zero attached hydrogens (tertiary/aromatic N) is 3. The molecular weight excluding hydrogens is 484 g/mol. The van der Waals surface area contributed by atoms with Crippen molar-refractivity contribution in [2.75, 3.05) is 18.2 Å². The predicted molar refractivity (Wildman–Crippen MR) is 137 cm³/mol. The van der Waals surface area contributed by atoms with E-state index in [1.54, 1.807) is 0 Å². The van der Waals surface area contributed by atoms with Crippen LogP contribution in [0.4, 0.5) is 5.00 Å². The Hall–Kier alpha value is -2.85. The van der Waals surface area contributed by atoms with Crippen LogP contribution in [0.15, 0.2) is 23.4 Å². The van der Waals surface area contributed by atoms with Gasteiger partial charge in [0.15, 0.2) is 11.0 Å². The summed E-state index contributed by atoms with van der Waals surface area (Å²) >= 11 is 2.77. The molecule has 2 aromatic heterocycles. The van der Waals surface area contributed by atoms with E-state index in [1.165, 1.54) is 30.2 Å². The van der Waals surface area contributed by atoms with Gasteiger partial charge in [-0.25, -0.2) is 4.79 Å². The zero-order chi connectivity index (χ0) is 25.1. The summed E-state index contributed by atoms with van der Waals surface area (Å²) in [4.78, 5) is 26.4. The Morgan fingerprint density at radius 3 is 2.86 bits per heavy atom. The summed E-state index contributed by atoms with van der Waals surface area (Å²) in [5, 5.41) is 12.5. The molecular formula is C25H30N4O4S2.